The Hall–Kier alpha value is -2.87. The lowest BCUT2D eigenvalue weighted by Gasteiger charge is -2.35. The quantitative estimate of drug-likeness (QED) is 0.673. The molecule has 33 heavy (non-hydrogen) atoms. The largest absolute Gasteiger partial charge is 0.478 e. The van der Waals surface area contributed by atoms with Crippen LogP contribution in [-0.2, 0) is 23.1 Å². The van der Waals surface area contributed by atoms with Gasteiger partial charge in [0.2, 0.25) is 5.91 Å². The molecule has 0 bridgehead atoms. The lowest BCUT2D eigenvalue weighted by atomic mass is 9.98. The van der Waals surface area contributed by atoms with Crippen LogP contribution in [0.15, 0.2) is 48.5 Å². The van der Waals surface area contributed by atoms with Crippen molar-refractivity contribution in [3.05, 3.63) is 70.8 Å². The highest BCUT2D eigenvalue weighted by Crippen LogP contribution is 2.49. The van der Waals surface area contributed by atoms with Crippen LogP contribution in [0.25, 0.3) is 0 Å². The maximum absolute atomic E-state index is 13.4. The zero-order chi connectivity index (χ0) is 23.4. The minimum Gasteiger partial charge on any atom is -0.478 e. The molecule has 2 aliphatic carbocycles. The van der Waals surface area contributed by atoms with E-state index in [4.69, 9.17) is 5.11 Å². The number of rotatable bonds is 6. The van der Waals surface area contributed by atoms with Crippen LogP contribution in [0.1, 0.15) is 52.7 Å². The first-order valence-corrected chi connectivity index (χ1v) is 11.2. The summed E-state index contributed by atoms with van der Waals surface area (Å²) in [7, 11) is 0. The predicted molar refractivity (Wildman–Crippen MR) is 114 cm³/mol. The third-order valence-electron chi connectivity index (χ3n) is 7.27. The van der Waals surface area contributed by atoms with Crippen molar-refractivity contribution in [2.45, 2.75) is 50.0 Å². The lowest BCUT2D eigenvalue weighted by molar-refractivity contribution is -0.137. The van der Waals surface area contributed by atoms with Crippen LogP contribution < -0.4 is 5.32 Å². The minimum absolute atomic E-state index is 0.0629. The van der Waals surface area contributed by atoms with Crippen LogP contribution in [0.2, 0.25) is 0 Å². The second-order valence-electron chi connectivity index (χ2n) is 9.59. The molecule has 1 aliphatic heterocycles. The normalized spacial score (nSPS) is 25.7. The highest BCUT2D eigenvalue weighted by molar-refractivity contribution is 5.87. The molecule has 5 rings (SSSR count). The number of alkyl halides is 3. The Morgan fingerprint density at radius 3 is 2.24 bits per heavy atom. The van der Waals surface area contributed by atoms with Crippen molar-refractivity contribution in [3.63, 3.8) is 0 Å². The zero-order valence-corrected chi connectivity index (χ0v) is 17.9. The van der Waals surface area contributed by atoms with E-state index >= 15 is 0 Å². The molecule has 2 aromatic rings. The first-order valence-electron chi connectivity index (χ1n) is 11.2. The van der Waals surface area contributed by atoms with Crippen molar-refractivity contribution >= 4 is 11.9 Å². The van der Waals surface area contributed by atoms with Gasteiger partial charge in [0.1, 0.15) is 0 Å². The van der Waals surface area contributed by atoms with Gasteiger partial charge in [-0.25, -0.2) is 4.79 Å². The number of carboxylic acids is 1. The van der Waals surface area contributed by atoms with E-state index in [1.54, 1.807) is 24.3 Å². The number of hydrogen-bond acceptors (Lipinski definition) is 3. The number of piperidine rings is 1. The van der Waals surface area contributed by atoms with Crippen molar-refractivity contribution in [3.8, 4) is 0 Å². The number of hydrogen-bond donors (Lipinski definition) is 2. The molecule has 3 aliphatic rings. The smallest absolute Gasteiger partial charge is 0.416 e. The molecule has 174 valence electrons. The molecule has 1 heterocycles. The van der Waals surface area contributed by atoms with Crippen LogP contribution in [0.3, 0.4) is 0 Å². The second-order valence-corrected chi connectivity index (χ2v) is 9.59. The molecule has 3 fully saturated rings. The summed E-state index contributed by atoms with van der Waals surface area (Å²) in [5.41, 5.74) is 0.719. The van der Waals surface area contributed by atoms with Gasteiger partial charge < -0.3 is 10.4 Å². The van der Waals surface area contributed by atoms with Gasteiger partial charge in [0.15, 0.2) is 0 Å². The van der Waals surface area contributed by atoms with E-state index in [1.807, 2.05) is 0 Å². The number of carbonyl (C=O) groups is 2. The van der Waals surface area contributed by atoms with Gasteiger partial charge in [-0.05, 0) is 72.9 Å². The molecule has 2 saturated carbocycles. The van der Waals surface area contributed by atoms with Gasteiger partial charge in [0.05, 0.1) is 22.7 Å². The number of halogens is 3. The monoisotopic (exact) mass is 458 g/mol. The number of nitrogens with one attached hydrogen (secondary N) is 1. The van der Waals surface area contributed by atoms with E-state index in [2.05, 4.69) is 10.2 Å². The van der Waals surface area contributed by atoms with E-state index in [9.17, 15) is 22.8 Å². The summed E-state index contributed by atoms with van der Waals surface area (Å²) in [6.07, 6.45) is -0.930. The summed E-state index contributed by atoms with van der Waals surface area (Å²) in [4.78, 5) is 26.6. The number of nitrogens with zero attached hydrogens (tertiary/aromatic N) is 1. The number of benzene rings is 2. The molecule has 5 nitrogen and oxygen atoms in total. The maximum atomic E-state index is 13.4. The number of carbonyl (C=O) groups excluding carboxylic acids is 1. The average Bonchev–Trinajstić information content (AvgIpc) is 3.69. The Kier molecular flexibility index (Phi) is 5.23. The van der Waals surface area contributed by atoms with E-state index in [-0.39, 0.29) is 17.5 Å². The fraction of sp³-hybridized carbons (Fsp3) is 0.440. The summed E-state index contributed by atoms with van der Waals surface area (Å²) >= 11 is 0. The molecule has 2 N–H and O–H groups in total. The summed E-state index contributed by atoms with van der Waals surface area (Å²) < 4.78 is 38.6. The van der Waals surface area contributed by atoms with Gasteiger partial charge in [0.25, 0.3) is 0 Å². The predicted octanol–water partition coefficient (Wildman–Crippen LogP) is 4.42. The highest BCUT2D eigenvalue weighted by atomic mass is 19.4. The second kappa shape index (κ2) is 7.87. The molecular weight excluding hydrogens is 433 g/mol. The minimum atomic E-state index is -4.37. The van der Waals surface area contributed by atoms with Crippen molar-refractivity contribution < 1.29 is 27.9 Å². The summed E-state index contributed by atoms with van der Waals surface area (Å²) in [5.74, 6) is 0.0409. The van der Waals surface area contributed by atoms with Crippen molar-refractivity contribution in [1.82, 2.24) is 10.2 Å². The highest BCUT2D eigenvalue weighted by Gasteiger charge is 2.51. The van der Waals surface area contributed by atoms with Crippen LogP contribution in [0, 0.1) is 11.8 Å². The van der Waals surface area contributed by atoms with E-state index < -0.39 is 23.2 Å². The molecular formula is C25H25F3N2O3. The Morgan fingerprint density at radius 2 is 1.67 bits per heavy atom. The molecule has 3 atom stereocenters. The summed E-state index contributed by atoms with van der Waals surface area (Å²) in [6, 6.07) is 11.5. The van der Waals surface area contributed by atoms with Gasteiger partial charge in [-0.1, -0.05) is 24.3 Å². The van der Waals surface area contributed by atoms with E-state index in [1.165, 1.54) is 12.1 Å². The number of fused-ring (bicyclic) bond motifs is 1. The van der Waals surface area contributed by atoms with Gasteiger partial charge in [-0.2, -0.15) is 13.2 Å². The molecule has 0 radical (unpaired) electrons. The Bertz CT molecular complexity index is 1060. The molecule has 2 aromatic carbocycles. The molecule has 1 amide bonds. The van der Waals surface area contributed by atoms with Crippen LogP contribution >= 0.6 is 0 Å². The summed E-state index contributed by atoms with van der Waals surface area (Å²) in [5, 5.41) is 12.3. The van der Waals surface area contributed by atoms with Crippen molar-refractivity contribution in [2.24, 2.45) is 11.8 Å². The fourth-order valence-electron chi connectivity index (χ4n) is 5.03. The van der Waals surface area contributed by atoms with E-state index in [0.29, 0.717) is 18.4 Å². The van der Waals surface area contributed by atoms with E-state index in [0.717, 1.165) is 55.5 Å². The van der Waals surface area contributed by atoms with Gasteiger partial charge in [-0.15, -0.1) is 0 Å². The van der Waals surface area contributed by atoms with Crippen LogP contribution in [0.4, 0.5) is 13.2 Å². The molecule has 8 heteroatoms. The maximum Gasteiger partial charge on any atom is 0.416 e. The third-order valence-corrected chi connectivity index (χ3v) is 7.27. The fourth-order valence-corrected chi connectivity index (χ4v) is 5.03. The third kappa shape index (κ3) is 4.49. The lowest BCUT2D eigenvalue weighted by Crippen LogP contribution is -2.52. The van der Waals surface area contributed by atoms with Crippen molar-refractivity contribution in [1.29, 1.82) is 0 Å². The average molecular weight is 458 g/mol. The molecule has 0 spiro atoms. The SMILES string of the molecule is O=C(O)c1ccc(C2(NC(=O)C3C[C@@H]4C[C@@H]4CN3Cc3ccc(C(F)(F)F)cc3)CC2)cc1. The standard InChI is InChI=1S/C25H25F3N2O3/c26-25(27,28)20-5-1-15(2-6-20)13-30-14-18-11-17(18)12-21(30)22(31)29-24(9-10-24)19-7-3-16(4-8-19)23(32)33/h1-8,17-18,21H,9-14H2,(H,29,31)(H,32,33)/t17-,18+,21?/m0/s1. The Labute approximate surface area is 189 Å². The first-order chi connectivity index (χ1) is 15.6. The number of amides is 1. The first kappa shape index (κ1) is 21.9. The Morgan fingerprint density at radius 1 is 1.00 bits per heavy atom. The molecule has 1 saturated heterocycles. The van der Waals surface area contributed by atoms with Crippen LogP contribution in [-0.4, -0.2) is 34.5 Å². The zero-order valence-electron chi connectivity index (χ0n) is 17.9. The summed E-state index contributed by atoms with van der Waals surface area (Å²) in [6.45, 7) is 1.20. The van der Waals surface area contributed by atoms with Gasteiger partial charge in [-0.3, -0.25) is 9.69 Å². The molecule has 0 aromatic heterocycles. The number of likely N-dealkylation sites (tertiary alicyclic amines) is 1. The topological polar surface area (TPSA) is 69.6 Å². The van der Waals surface area contributed by atoms with Gasteiger partial charge >= 0.3 is 12.1 Å². The molecule has 1 unspecified atom stereocenters. The van der Waals surface area contributed by atoms with Crippen LogP contribution in [0.5, 0.6) is 0 Å². The van der Waals surface area contributed by atoms with Gasteiger partial charge in [0, 0.05) is 13.1 Å². The van der Waals surface area contributed by atoms with Crippen molar-refractivity contribution in [2.75, 3.05) is 6.54 Å². The number of carboxylic acid groups (broad SMARTS) is 1. The number of aromatic carboxylic acids is 1. The Balaban J connectivity index is 1.29.